The molecule has 0 spiro atoms. The second-order valence-corrected chi connectivity index (χ2v) is 6.71. The molecule has 3 atom stereocenters. The molecule has 2 unspecified atom stereocenters. The van der Waals surface area contributed by atoms with E-state index in [1.165, 1.54) is 19.4 Å². The fourth-order valence-electron chi connectivity index (χ4n) is 2.97. The number of nitrogens with zero attached hydrogens (tertiary/aromatic N) is 1. The van der Waals surface area contributed by atoms with Crippen molar-refractivity contribution in [3.05, 3.63) is 48.3 Å². The van der Waals surface area contributed by atoms with Crippen LogP contribution in [0.25, 0.3) is 0 Å². The van der Waals surface area contributed by atoms with Crippen molar-refractivity contribution in [1.29, 1.82) is 0 Å². The molecule has 3 rings (SSSR count). The first-order valence-electron chi connectivity index (χ1n) is 9.52. The van der Waals surface area contributed by atoms with Gasteiger partial charge in [0.1, 0.15) is 18.0 Å². The Balaban J connectivity index is 1.68. The third kappa shape index (κ3) is 5.18. The highest BCUT2D eigenvalue weighted by molar-refractivity contribution is 5.98. The molecule has 1 fully saturated rings. The van der Waals surface area contributed by atoms with Crippen molar-refractivity contribution < 1.29 is 33.6 Å². The zero-order chi connectivity index (χ0) is 21.5. The van der Waals surface area contributed by atoms with Gasteiger partial charge in [0.05, 0.1) is 20.3 Å². The molecule has 1 aromatic carbocycles. The van der Waals surface area contributed by atoms with E-state index in [9.17, 15) is 14.7 Å². The molecule has 2 N–H and O–H groups in total. The van der Waals surface area contributed by atoms with Gasteiger partial charge in [-0.15, -0.1) is 0 Å². The van der Waals surface area contributed by atoms with Gasteiger partial charge in [0.2, 0.25) is 0 Å². The predicted molar refractivity (Wildman–Crippen MR) is 106 cm³/mol. The number of aromatic nitrogens is 1. The molecule has 160 valence electrons. The monoisotopic (exact) mass is 416 g/mol. The molecule has 30 heavy (non-hydrogen) atoms. The summed E-state index contributed by atoms with van der Waals surface area (Å²) < 4.78 is 22.0. The minimum atomic E-state index is -1.07. The number of pyridine rings is 1. The molecule has 9 nitrogen and oxygen atoms in total. The Labute approximate surface area is 173 Å². The molecule has 0 aliphatic carbocycles. The second kappa shape index (κ2) is 9.93. The van der Waals surface area contributed by atoms with Crippen molar-refractivity contribution >= 4 is 11.9 Å². The van der Waals surface area contributed by atoms with Crippen LogP contribution in [0.4, 0.5) is 0 Å². The quantitative estimate of drug-likeness (QED) is 0.708. The fraction of sp³-hybridized carbons (Fsp3) is 0.381. The molecule has 1 aliphatic heterocycles. The first-order valence-corrected chi connectivity index (χ1v) is 9.52. The van der Waals surface area contributed by atoms with Gasteiger partial charge in [0.25, 0.3) is 5.91 Å². The van der Waals surface area contributed by atoms with Gasteiger partial charge in [-0.05, 0) is 19.1 Å². The van der Waals surface area contributed by atoms with Crippen LogP contribution in [0.1, 0.15) is 23.8 Å². The number of para-hydroxylation sites is 1. The topological polar surface area (TPSA) is 116 Å². The number of amides is 1. The van der Waals surface area contributed by atoms with Crippen LogP contribution in [0, 0.1) is 0 Å². The maximum Gasteiger partial charge on any atom is 0.331 e. The Morgan fingerprint density at radius 1 is 1.27 bits per heavy atom. The molecule has 0 saturated carbocycles. The average molecular weight is 416 g/mol. The molecule has 2 aromatic rings. The molecule has 1 aromatic heterocycles. The third-order valence-electron chi connectivity index (χ3n) is 4.60. The molecular formula is C21H24N2O7. The summed E-state index contributed by atoms with van der Waals surface area (Å²) in [5.41, 5.74) is -0.264. The highest BCUT2D eigenvalue weighted by Crippen LogP contribution is 2.27. The van der Waals surface area contributed by atoms with E-state index in [2.05, 4.69) is 10.3 Å². The normalized spacial score (nSPS) is 22.1. The van der Waals surface area contributed by atoms with E-state index in [0.29, 0.717) is 18.8 Å². The van der Waals surface area contributed by atoms with Crippen LogP contribution in [-0.4, -0.2) is 60.5 Å². The van der Waals surface area contributed by atoms with Gasteiger partial charge in [-0.2, -0.15) is 0 Å². The Kier molecular flexibility index (Phi) is 7.08. The molecule has 9 heteroatoms. The van der Waals surface area contributed by atoms with E-state index in [4.69, 9.17) is 18.9 Å². The molecule has 1 amide bonds. The summed E-state index contributed by atoms with van der Waals surface area (Å²) in [5.74, 6) is -1.07. The van der Waals surface area contributed by atoms with Crippen LogP contribution in [0.15, 0.2) is 42.6 Å². The average Bonchev–Trinajstić information content (AvgIpc) is 2.80. The van der Waals surface area contributed by atoms with Gasteiger partial charge in [0, 0.05) is 18.7 Å². The highest BCUT2D eigenvalue weighted by atomic mass is 16.6. The number of cyclic esters (lactones) is 1. The van der Waals surface area contributed by atoms with Gasteiger partial charge >= 0.3 is 5.97 Å². The molecule has 1 saturated heterocycles. The minimum absolute atomic E-state index is 0.0833. The predicted octanol–water partition coefficient (Wildman–Crippen LogP) is 1.69. The zero-order valence-electron chi connectivity index (χ0n) is 16.7. The maximum absolute atomic E-state index is 12.6. The van der Waals surface area contributed by atoms with Crippen molar-refractivity contribution in [2.75, 3.05) is 20.3 Å². The number of methoxy groups -OCH3 is 1. The van der Waals surface area contributed by atoms with E-state index in [1.54, 1.807) is 6.92 Å². The summed E-state index contributed by atoms with van der Waals surface area (Å²) in [6.45, 7) is 1.96. The summed E-state index contributed by atoms with van der Waals surface area (Å²) in [7, 11) is 1.36. The zero-order valence-corrected chi connectivity index (χ0v) is 16.7. The van der Waals surface area contributed by atoms with Crippen LogP contribution < -0.4 is 14.8 Å². The number of benzene rings is 1. The molecule has 1 aliphatic rings. The smallest absolute Gasteiger partial charge is 0.331 e. The lowest BCUT2D eigenvalue weighted by Gasteiger charge is -2.25. The number of hydrogen-bond donors (Lipinski definition) is 2. The summed E-state index contributed by atoms with van der Waals surface area (Å²) >= 11 is 0. The highest BCUT2D eigenvalue weighted by Gasteiger charge is 2.31. The van der Waals surface area contributed by atoms with Gasteiger partial charge < -0.3 is 29.4 Å². The lowest BCUT2D eigenvalue weighted by molar-refractivity contribution is -0.155. The number of esters is 1. The number of hydrogen-bond acceptors (Lipinski definition) is 8. The van der Waals surface area contributed by atoms with E-state index in [-0.39, 0.29) is 18.1 Å². The van der Waals surface area contributed by atoms with E-state index in [1.807, 2.05) is 30.3 Å². The third-order valence-corrected chi connectivity index (χ3v) is 4.60. The number of ether oxygens (including phenoxy) is 4. The van der Waals surface area contributed by atoms with Crippen LogP contribution >= 0.6 is 0 Å². The lowest BCUT2D eigenvalue weighted by Crippen LogP contribution is -2.46. The van der Waals surface area contributed by atoms with E-state index >= 15 is 0 Å². The largest absolute Gasteiger partial charge is 0.503 e. The number of nitrogens with one attached hydrogen (secondary N) is 1. The van der Waals surface area contributed by atoms with E-state index in [0.717, 1.165) is 0 Å². The van der Waals surface area contributed by atoms with Crippen molar-refractivity contribution in [3.8, 4) is 17.2 Å². The second-order valence-electron chi connectivity index (χ2n) is 6.71. The molecule has 0 radical (unpaired) electrons. The Morgan fingerprint density at radius 3 is 2.77 bits per heavy atom. The number of carbonyl (C=O) groups is 2. The number of carbonyl (C=O) groups excluding carboxylic acids is 2. The summed E-state index contributed by atoms with van der Waals surface area (Å²) in [6.07, 6.45) is 0.846. The van der Waals surface area contributed by atoms with Gasteiger partial charge in [-0.3, -0.25) is 4.79 Å². The molecule has 0 bridgehead atoms. The summed E-state index contributed by atoms with van der Waals surface area (Å²) in [5, 5.41) is 12.6. The van der Waals surface area contributed by atoms with Gasteiger partial charge in [-0.25, -0.2) is 9.78 Å². The van der Waals surface area contributed by atoms with Crippen LogP contribution in [0.2, 0.25) is 0 Å². The lowest BCUT2D eigenvalue weighted by atomic mass is 10.1. The molecular weight excluding hydrogens is 392 g/mol. The van der Waals surface area contributed by atoms with Crippen molar-refractivity contribution in [1.82, 2.24) is 10.3 Å². The first-order chi connectivity index (χ1) is 14.5. The number of rotatable bonds is 5. The Bertz CT molecular complexity index is 875. The SMILES string of the molecule is COc1ccnc(C(=O)N[C@H]2COCCC(Oc3ccccc3)C(C)OC2=O)c1O. The maximum atomic E-state index is 12.6. The van der Waals surface area contributed by atoms with Crippen LogP contribution in [0.3, 0.4) is 0 Å². The van der Waals surface area contributed by atoms with Gasteiger partial charge in [-0.1, -0.05) is 18.2 Å². The molecule has 2 heterocycles. The van der Waals surface area contributed by atoms with E-state index < -0.39 is 35.9 Å². The van der Waals surface area contributed by atoms with Gasteiger partial charge in [0.15, 0.2) is 23.2 Å². The first kappa shape index (κ1) is 21.4. The van der Waals surface area contributed by atoms with Crippen molar-refractivity contribution in [2.24, 2.45) is 0 Å². The van der Waals surface area contributed by atoms with Crippen molar-refractivity contribution in [2.45, 2.75) is 31.6 Å². The van der Waals surface area contributed by atoms with Crippen molar-refractivity contribution in [3.63, 3.8) is 0 Å². The number of aromatic hydroxyl groups is 1. The standard InChI is InChI=1S/C21H24N2O7/c1-13-16(30-14-6-4-3-5-7-14)9-11-28-12-15(21(26)29-13)23-20(25)18-19(24)17(27-2)8-10-22-18/h3-8,10,13,15-16,24H,9,11-12H2,1-2H3,(H,23,25)/t13?,15-,16?/m0/s1. The van der Waals surface area contributed by atoms with Crippen LogP contribution in [0.5, 0.6) is 17.2 Å². The van der Waals surface area contributed by atoms with Crippen LogP contribution in [-0.2, 0) is 14.3 Å². The Morgan fingerprint density at radius 2 is 2.03 bits per heavy atom. The summed E-state index contributed by atoms with van der Waals surface area (Å²) in [4.78, 5) is 29.0. The summed E-state index contributed by atoms with van der Waals surface area (Å²) in [6, 6.07) is 9.57. The minimum Gasteiger partial charge on any atom is -0.503 e. The fourth-order valence-corrected chi connectivity index (χ4v) is 2.97. The Hall–Kier alpha value is -3.33.